The van der Waals surface area contributed by atoms with E-state index in [2.05, 4.69) is 20.5 Å². The maximum atomic E-state index is 12.6. The first-order chi connectivity index (χ1) is 15.2. The van der Waals surface area contributed by atoms with Gasteiger partial charge in [0.15, 0.2) is 0 Å². The van der Waals surface area contributed by atoms with Gasteiger partial charge in [-0.05, 0) is 74.5 Å². The fraction of sp³-hybridized carbons (Fsp3) is 0.304. The molecule has 1 aliphatic heterocycles. The van der Waals surface area contributed by atoms with Gasteiger partial charge < -0.3 is 24.5 Å². The minimum atomic E-state index is -0.330. The Hall–Kier alpha value is -3.52. The van der Waals surface area contributed by atoms with Crippen LogP contribution in [-0.2, 0) is 0 Å². The average Bonchev–Trinajstić information content (AvgIpc) is 3.51. The van der Waals surface area contributed by atoms with Crippen LogP contribution in [0.25, 0.3) is 0 Å². The number of nitrogens with one attached hydrogen (secondary N) is 2. The van der Waals surface area contributed by atoms with E-state index in [1.54, 1.807) is 56.0 Å². The Morgan fingerprint density at radius 2 is 1.90 bits per heavy atom. The van der Waals surface area contributed by atoms with E-state index in [4.69, 9.17) is 13.9 Å². The highest BCUT2D eigenvalue weighted by Crippen LogP contribution is 2.28. The van der Waals surface area contributed by atoms with E-state index in [1.807, 2.05) is 12.1 Å². The lowest BCUT2D eigenvalue weighted by Gasteiger charge is -2.26. The molecule has 3 aromatic rings. The fourth-order valence-corrected chi connectivity index (χ4v) is 3.62. The number of amides is 2. The van der Waals surface area contributed by atoms with Crippen molar-refractivity contribution in [2.75, 3.05) is 32.1 Å². The number of hydrogen-bond acceptors (Lipinski definition) is 6. The molecule has 8 nitrogen and oxygen atoms in total. The van der Waals surface area contributed by atoms with E-state index in [1.165, 1.54) is 0 Å². The van der Waals surface area contributed by atoms with Crippen LogP contribution >= 0.6 is 0 Å². The number of ether oxygens (including phenoxy) is 2. The van der Waals surface area contributed by atoms with Crippen molar-refractivity contribution < 1.29 is 18.7 Å². The molecule has 2 N–H and O–H groups in total. The Bertz CT molecular complexity index is 970. The molecule has 0 saturated carbocycles. The molecule has 31 heavy (non-hydrogen) atoms. The number of urea groups is 1. The van der Waals surface area contributed by atoms with Gasteiger partial charge in [0.1, 0.15) is 22.9 Å². The van der Waals surface area contributed by atoms with Gasteiger partial charge in [-0.15, -0.1) is 0 Å². The van der Waals surface area contributed by atoms with Crippen LogP contribution in [0.3, 0.4) is 0 Å². The number of nitrogens with zero attached hydrogens (tertiary/aromatic N) is 2. The largest absolute Gasteiger partial charge is 0.497 e. The number of pyridine rings is 1. The molecule has 1 atom stereocenters. The molecule has 0 unspecified atom stereocenters. The normalized spacial score (nSPS) is 14.7. The van der Waals surface area contributed by atoms with Gasteiger partial charge in [0.05, 0.1) is 19.4 Å². The topological polar surface area (TPSA) is 88.9 Å². The molecule has 0 spiro atoms. The third-order valence-corrected chi connectivity index (χ3v) is 5.20. The number of rotatable bonds is 8. The van der Waals surface area contributed by atoms with Crippen LogP contribution in [0.1, 0.15) is 24.6 Å². The van der Waals surface area contributed by atoms with Crippen LogP contribution in [0.4, 0.5) is 10.5 Å². The molecule has 3 heterocycles. The van der Waals surface area contributed by atoms with Gasteiger partial charge in [0.2, 0.25) is 5.88 Å². The summed E-state index contributed by atoms with van der Waals surface area (Å²) in [6.07, 6.45) is 5.59. The highest BCUT2D eigenvalue weighted by molar-refractivity contribution is 5.90. The van der Waals surface area contributed by atoms with Gasteiger partial charge in [-0.25, -0.2) is 9.78 Å². The molecule has 2 aromatic heterocycles. The molecule has 162 valence electrons. The number of furan rings is 1. The van der Waals surface area contributed by atoms with E-state index in [9.17, 15) is 4.79 Å². The Morgan fingerprint density at radius 3 is 2.61 bits per heavy atom. The molecule has 1 aliphatic rings. The maximum absolute atomic E-state index is 12.6. The zero-order valence-corrected chi connectivity index (χ0v) is 17.4. The summed E-state index contributed by atoms with van der Waals surface area (Å²) in [7, 11) is 1.61. The number of methoxy groups -OCH3 is 1. The van der Waals surface area contributed by atoms with Gasteiger partial charge in [0, 0.05) is 12.7 Å². The molecular formula is C23H26N4O4. The maximum Gasteiger partial charge on any atom is 0.319 e. The number of hydrogen-bond donors (Lipinski definition) is 2. The summed E-state index contributed by atoms with van der Waals surface area (Å²) < 4.78 is 16.6. The van der Waals surface area contributed by atoms with Crippen LogP contribution in [0, 0.1) is 0 Å². The summed E-state index contributed by atoms with van der Waals surface area (Å²) in [6, 6.07) is 14.1. The Balaban J connectivity index is 1.39. The molecule has 1 aromatic carbocycles. The van der Waals surface area contributed by atoms with Crippen molar-refractivity contribution in [2.45, 2.75) is 18.9 Å². The Labute approximate surface area is 181 Å². The summed E-state index contributed by atoms with van der Waals surface area (Å²) in [5.74, 6) is 2.49. The SMILES string of the molecule is COc1ccc(Oc2ncccc2NC(=O)NC[C@H](c2ccco2)N2CCCC2)cc1. The quantitative estimate of drug-likeness (QED) is 0.558. The minimum Gasteiger partial charge on any atom is -0.497 e. The predicted molar refractivity (Wildman–Crippen MR) is 117 cm³/mol. The van der Waals surface area contributed by atoms with E-state index in [0.29, 0.717) is 23.9 Å². The zero-order chi connectivity index (χ0) is 21.5. The molecule has 8 heteroatoms. The van der Waals surface area contributed by atoms with Crippen molar-refractivity contribution in [1.29, 1.82) is 0 Å². The first-order valence-corrected chi connectivity index (χ1v) is 10.3. The van der Waals surface area contributed by atoms with E-state index in [0.717, 1.165) is 37.4 Å². The summed E-state index contributed by atoms with van der Waals surface area (Å²) in [5.41, 5.74) is 0.478. The van der Waals surface area contributed by atoms with E-state index in [-0.39, 0.29) is 12.1 Å². The Kier molecular flexibility index (Phi) is 6.68. The van der Waals surface area contributed by atoms with Crippen molar-refractivity contribution in [3.63, 3.8) is 0 Å². The van der Waals surface area contributed by atoms with Crippen molar-refractivity contribution in [2.24, 2.45) is 0 Å². The standard InChI is InChI=1S/C23H26N4O4/c1-29-17-8-10-18(11-9-17)31-22-19(6-4-12-24-22)26-23(28)25-16-20(21-7-5-15-30-21)27-13-2-3-14-27/h4-12,15,20H,2-3,13-14,16H2,1H3,(H2,25,26,28)/t20-/m1/s1. The van der Waals surface area contributed by atoms with Gasteiger partial charge >= 0.3 is 6.03 Å². The molecular weight excluding hydrogens is 396 g/mol. The Morgan fingerprint density at radius 1 is 1.13 bits per heavy atom. The first kappa shape index (κ1) is 20.7. The predicted octanol–water partition coefficient (Wildman–Crippen LogP) is 4.43. The second-order valence-corrected chi connectivity index (χ2v) is 7.24. The highest BCUT2D eigenvalue weighted by atomic mass is 16.5. The molecule has 2 amide bonds. The zero-order valence-electron chi connectivity index (χ0n) is 17.4. The summed E-state index contributed by atoms with van der Waals surface area (Å²) in [4.78, 5) is 19.2. The van der Waals surface area contributed by atoms with Crippen molar-refractivity contribution >= 4 is 11.7 Å². The number of benzene rings is 1. The van der Waals surface area contributed by atoms with Crippen LogP contribution < -0.4 is 20.1 Å². The molecule has 1 saturated heterocycles. The minimum absolute atomic E-state index is 0.00664. The van der Waals surface area contributed by atoms with Crippen LogP contribution in [0.5, 0.6) is 17.4 Å². The van der Waals surface area contributed by atoms with Crippen molar-refractivity contribution in [1.82, 2.24) is 15.2 Å². The van der Waals surface area contributed by atoms with E-state index >= 15 is 0 Å². The van der Waals surface area contributed by atoms with Crippen LogP contribution in [0.2, 0.25) is 0 Å². The summed E-state index contributed by atoms with van der Waals surface area (Å²) in [6.45, 7) is 2.43. The molecule has 0 bridgehead atoms. The lowest BCUT2D eigenvalue weighted by atomic mass is 10.2. The molecule has 1 fully saturated rings. The van der Waals surface area contributed by atoms with Gasteiger partial charge in [-0.2, -0.15) is 0 Å². The molecule has 0 radical (unpaired) electrons. The number of carbonyl (C=O) groups excluding carboxylic acids is 1. The lowest BCUT2D eigenvalue weighted by molar-refractivity contribution is 0.206. The average molecular weight is 422 g/mol. The van der Waals surface area contributed by atoms with Gasteiger partial charge in [-0.1, -0.05) is 0 Å². The number of carbonyl (C=O) groups is 1. The monoisotopic (exact) mass is 422 g/mol. The second kappa shape index (κ2) is 9.99. The number of aromatic nitrogens is 1. The molecule has 0 aliphatic carbocycles. The molecule has 4 rings (SSSR count). The number of anilines is 1. The van der Waals surface area contributed by atoms with Crippen LogP contribution in [0.15, 0.2) is 65.4 Å². The second-order valence-electron chi connectivity index (χ2n) is 7.24. The van der Waals surface area contributed by atoms with Crippen molar-refractivity contribution in [3.05, 3.63) is 66.8 Å². The highest BCUT2D eigenvalue weighted by Gasteiger charge is 2.26. The first-order valence-electron chi connectivity index (χ1n) is 10.3. The van der Waals surface area contributed by atoms with Crippen molar-refractivity contribution in [3.8, 4) is 17.4 Å². The summed E-state index contributed by atoms with van der Waals surface area (Å²) >= 11 is 0. The third kappa shape index (κ3) is 5.35. The lowest BCUT2D eigenvalue weighted by Crippen LogP contribution is -2.38. The smallest absolute Gasteiger partial charge is 0.319 e. The van der Waals surface area contributed by atoms with E-state index < -0.39 is 0 Å². The van der Waals surface area contributed by atoms with Crippen LogP contribution in [-0.4, -0.2) is 42.7 Å². The summed E-state index contributed by atoms with van der Waals surface area (Å²) in [5, 5.41) is 5.78. The van der Waals surface area contributed by atoms with Gasteiger partial charge in [0.25, 0.3) is 0 Å². The van der Waals surface area contributed by atoms with Gasteiger partial charge in [-0.3, -0.25) is 4.90 Å². The third-order valence-electron chi connectivity index (χ3n) is 5.20. The number of likely N-dealkylation sites (tertiary alicyclic amines) is 1. The fourth-order valence-electron chi connectivity index (χ4n) is 3.62.